The summed E-state index contributed by atoms with van der Waals surface area (Å²) in [7, 11) is -1.10. The van der Waals surface area contributed by atoms with E-state index in [9.17, 15) is 10.1 Å². The van der Waals surface area contributed by atoms with Gasteiger partial charge in [0.25, 0.3) is 5.69 Å². The summed E-state index contributed by atoms with van der Waals surface area (Å²) in [6, 6.07) is 5.46. The molecule has 19 heavy (non-hydrogen) atoms. The number of ether oxygens (including phenoxy) is 2. The van der Waals surface area contributed by atoms with Crippen LogP contribution in [0.4, 0.5) is 5.69 Å². The fourth-order valence-corrected chi connectivity index (χ4v) is 2.38. The first-order chi connectivity index (χ1) is 8.79. The number of nitrogens with zero attached hydrogens (tertiary/aromatic N) is 1. The molecule has 0 spiro atoms. The average molecular weight is 348 g/mol. The van der Waals surface area contributed by atoms with Gasteiger partial charge in [0.05, 0.1) is 15.5 Å². The highest BCUT2D eigenvalue weighted by atomic mass is 79.9. The third-order valence-electron chi connectivity index (χ3n) is 2.42. The van der Waals surface area contributed by atoms with E-state index in [0.29, 0.717) is 16.8 Å². The first-order valence-corrected chi connectivity index (χ1v) is 10.4. The first-order valence-electron chi connectivity index (χ1n) is 5.94. The van der Waals surface area contributed by atoms with Crippen LogP contribution in [0.2, 0.25) is 25.7 Å². The van der Waals surface area contributed by atoms with Crippen LogP contribution in [0.3, 0.4) is 0 Å². The van der Waals surface area contributed by atoms with Crippen molar-refractivity contribution in [2.24, 2.45) is 0 Å². The summed E-state index contributed by atoms with van der Waals surface area (Å²) in [6.07, 6.45) is 0. The van der Waals surface area contributed by atoms with Crippen molar-refractivity contribution < 1.29 is 14.4 Å². The van der Waals surface area contributed by atoms with Crippen molar-refractivity contribution in [1.82, 2.24) is 0 Å². The van der Waals surface area contributed by atoms with E-state index < -0.39 is 13.0 Å². The van der Waals surface area contributed by atoms with E-state index in [-0.39, 0.29) is 12.5 Å². The predicted octanol–water partition coefficient (Wildman–Crippen LogP) is 4.05. The number of rotatable bonds is 7. The minimum absolute atomic E-state index is 0.000277. The zero-order chi connectivity index (χ0) is 14.5. The van der Waals surface area contributed by atoms with Gasteiger partial charge >= 0.3 is 0 Å². The van der Waals surface area contributed by atoms with Crippen LogP contribution in [-0.4, -0.2) is 26.4 Å². The van der Waals surface area contributed by atoms with Crippen molar-refractivity contribution in [3.8, 4) is 5.75 Å². The minimum Gasteiger partial charge on any atom is -0.466 e. The zero-order valence-electron chi connectivity index (χ0n) is 11.3. The maximum absolute atomic E-state index is 10.7. The lowest BCUT2D eigenvalue weighted by Gasteiger charge is -2.15. The molecule has 0 heterocycles. The standard InChI is InChI=1S/C12H18BrNO4Si/c1-19(2,3)7-6-17-9-18-12-8-10(14(15)16)4-5-11(12)13/h4-5,8H,6-7,9H2,1-3H3. The molecular formula is C12H18BrNO4Si. The van der Waals surface area contributed by atoms with Crippen LogP contribution in [0.15, 0.2) is 22.7 Å². The van der Waals surface area contributed by atoms with Crippen LogP contribution in [0, 0.1) is 10.1 Å². The Morgan fingerprint density at radius 2 is 2.05 bits per heavy atom. The van der Waals surface area contributed by atoms with Crippen LogP contribution in [0.5, 0.6) is 5.75 Å². The third-order valence-corrected chi connectivity index (χ3v) is 4.78. The Kier molecular flexibility index (Phi) is 5.96. The van der Waals surface area contributed by atoms with Crippen molar-refractivity contribution in [1.29, 1.82) is 0 Å². The van der Waals surface area contributed by atoms with E-state index in [2.05, 4.69) is 35.6 Å². The third kappa shape index (κ3) is 6.17. The molecule has 0 aliphatic carbocycles. The van der Waals surface area contributed by atoms with Gasteiger partial charge < -0.3 is 9.47 Å². The molecule has 0 amide bonds. The molecule has 0 aliphatic rings. The SMILES string of the molecule is C[Si](C)(C)CCOCOc1cc([N+](=O)[O-])ccc1Br. The molecule has 0 N–H and O–H groups in total. The van der Waals surface area contributed by atoms with Crippen LogP contribution < -0.4 is 4.74 Å². The Balaban J connectivity index is 2.45. The Labute approximate surface area is 122 Å². The molecule has 106 valence electrons. The minimum atomic E-state index is -1.10. The van der Waals surface area contributed by atoms with Crippen molar-refractivity contribution in [3.63, 3.8) is 0 Å². The lowest BCUT2D eigenvalue weighted by molar-refractivity contribution is -0.385. The second-order valence-corrected chi connectivity index (χ2v) is 11.8. The van der Waals surface area contributed by atoms with Crippen LogP contribution in [0.1, 0.15) is 0 Å². The van der Waals surface area contributed by atoms with Gasteiger partial charge in [-0.15, -0.1) is 0 Å². The highest BCUT2D eigenvalue weighted by molar-refractivity contribution is 9.10. The number of hydrogen-bond donors (Lipinski definition) is 0. The van der Waals surface area contributed by atoms with Gasteiger partial charge in [0.1, 0.15) is 5.75 Å². The van der Waals surface area contributed by atoms with E-state index in [1.54, 1.807) is 6.07 Å². The molecule has 1 aromatic rings. The molecule has 1 aromatic carbocycles. The fourth-order valence-electron chi connectivity index (χ4n) is 1.26. The van der Waals surface area contributed by atoms with Gasteiger partial charge in [0, 0.05) is 20.7 Å². The summed E-state index contributed by atoms with van der Waals surface area (Å²) in [4.78, 5) is 10.2. The van der Waals surface area contributed by atoms with Gasteiger partial charge in [-0.25, -0.2) is 0 Å². The lowest BCUT2D eigenvalue weighted by atomic mass is 10.3. The van der Waals surface area contributed by atoms with Gasteiger partial charge in [-0.1, -0.05) is 19.6 Å². The molecule has 0 bridgehead atoms. The summed E-state index contributed by atoms with van der Waals surface area (Å²) in [5.41, 5.74) is 0.000277. The van der Waals surface area contributed by atoms with E-state index in [1.165, 1.54) is 12.1 Å². The molecule has 0 fully saturated rings. The van der Waals surface area contributed by atoms with Crippen LogP contribution >= 0.6 is 15.9 Å². The topological polar surface area (TPSA) is 61.6 Å². The van der Waals surface area contributed by atoms with Gasteiger partial charge in [-0.3, -0.25) is 10.1 Å². The molecule has 7 heteroatoms. The second-order valence-electron chi connectivity index (χ2n) is 5.35. The monoisotopic (exact) mass is 347 g/mol. The fraction of sp³-hybridized carbons (Fsp3) is 0.500. The smallest absolute Gasteiger partial charge is 0.273 e. The number of halogens is 1. The number of nitro groups is 1. The molecule has 0 atom stereocenters. The highest BCUT2D eigenvalue weighted by Crippen LogP contribution is 2.29. The summed E-state index contributed by atoms with van der Waals surface area (Å²) in [6.45, 7) is 7.57. The first kappa shape index (κ1) is 16.1. The molecule has 1 rings (SSSR count). The normalized spacial score (nSPS) is 11.4. The number of benzene rings is 1. The molecule has 0 unspecified atom stereocenters. The number of hydrogen-bond acceptors (Lipinski definition) is 4. The number of non-ortho nitro benzene ring substituents is 1. The van der Waals surface area contributed by atoms with Gasteiger partial charge in [-0.2, -0.15) is 0 Å². The zero-order valence-corrected chi connectivity index (χ0v) is 13.9. The van der Waals surface area contributed by atoms with Crippen LogP contribution in [0.25, 0.3) is 0 Å². The lowest BCUT2D eigenvalue weighted by Crippen LogP contribution is -2.22. The molecule has 0 aliphatic heterocycles. The van der Waals surface area contributed by atoms with Crippen molar-refractivity contribution in [2.75, 3.05) is 13.4 Å². The Hall–Kier alpha value is -0.923. The largest absolute Gasteiger partial charge is 0.466 e. The van der Waals surface area contributed by atoms with Gasteiger partial charge in [-0.05, 0) is 28.0 Å². The summed E-state index contributed by atoms with van der Waals surface area (Å²) < 4.78 is 11.4. The highest BCUT2D eigenvalue weighted by Gasteiger charge is 2.13. The van der Waals surface area contributed by atoms with E-state index in [4.69, 9.17) is 9.47 Å². The van der Waals surface area contributed by atoms with Gasteiger partial charge in [0.15, 0.2) is 6.79 Å². The quantitative estimate of drug-likeness (QED) is 0.245. The van der Waals surface area contributed by atoms with Crippen molar-refractivity contribution in [3.05, 3.63) is 32.8 Å². The maximum atomic E-state index is 10.7. The molecule has 0 saturated carbocycles. The summed E-state index contributed by atoms with van der Waals surface area (Å²) in [5, 5.41) is 10.7. The van der Waals surface area contributed by atoms with Gasteiger partial charge in [0.2, 0.25) is 0 Å². The predicted molar refractivity (Wildman–Crippen MR) is 80.4 cm³/mol. The summed E-state index contributed by atoms with van der Waals surface area (Å²) >= 11 is 3.28. The van der Waals surface area contributed by atoms with Crippen molar-refractivity contribution >= 4 is 29.7 Å². The maximum Gasteiger partial charge on any atom is 0.273 e. The molecule has 0 radical (unpaired) electrons. The summed E-state index contributed by atoms with van der Waals surface area (Å²) in [5.74, 6) is 0.419. The van der Waals surface area contributed by atoms with Crippen molar-refractivity contribution in [2.45, 2.75) is 25.7 Å². The number of nitro benzene ring substituents is 1. The molecular weight excluding hydrogens is 330 g/mol. The Bertz CT molecular complexity index is 448. The Morgan fingerprint density at radius 1 is 1.37 bits per heavy atom. The molecule has 0 saturated heterocycles. The second kappa shape index (κ2) is 7.02. The molecule has 0 aromatic heterocycles. The van der Waals surface area contributed by atoms with E-state index in [1.807, 2.05) is 0 Å². The molecule has 5 nitrogen and oxygen atoms in total. The van der Waals surface area contributed by atoms with E-state index in [0.717, 1.165) is 6.04 Å². The Morgan fingerprint density at radius 3 is 2.63 bits per heavy atom. The average Bonchev–Trinajstić information content (AvgIpc) is 2.29. The van der Waals surface area contributed by atoms with Crippen LogP contribution in [-0.2, 0) is 4.74 Å². The van der Waals surface area contributed by atoms with E-state index >= 15 is 0 Å².